The highest BCUT2D eigenvalue weighted by Gasteiger charge is 2.51. The van der Waals surface area contributed by atoms with Gasteiger partial charge in [-0.05, 0) is 117 Å². The van der Waals surface area contributed by atoms with Gasteiger partial charge in [-0.1, -0.05) is 28.1 Å². The summed E-state index contributed by atoms with van der Waals surface area (Å²) in [4.78, 5) is 41.2. The Labute approximate surface area is 239 Å². The van der Waals surface area contributed by atoms with Crippen molar-refractivity contribution in [2.45, 2.75) is 50.9 Å². The minimum Gasteiger partial charge on any atom is -0.494 e. The summed E-state index contributed by atoms with van der Waals surface area (Å²) >= 11 is 3.38. The number of nitrogens with zero attached hydrogens (tertiary/aromatic N) is 3. The fourth-order valence-corrected chi connectivity index (χ4v) is 8.19. The second kappa shape index (κ2) is 9.16. The average Bonchev–Trinajstić information content (AvgIpc) is 3.19. The van der Waals surface area contributed by atoms with E-state index >= 15 is 0 Å². The van der Waals surface area contributed by atoms with Crippen LogP contribution < -0.4 is 16.3 Å². The number of anilines is 1. The molecule has 204 valence electrons. The molecule has 40 heavy (non-hydrogen) atoms. The molecular formula is C31H29BrN4O4. The Hall–Kier alpha value is -3.72. The van der Waals surface area contributed by atoms with Crippen LogP contribution in [0.25, 0.3) is 11.8 Å². The third-order valence-corrected chi connectivity index (χ3v) is 9.85. The van der Waals surface area contributed by atoms with E-state index in [0.717, 1.165) is 26.8 Å². The summed E-state index contributed by atoms with van der Waals surface area (Å²) in [5.41, 5.74) is 1.37. The molecule has 0 spiro atoms. The number of halogens is 1. The van der Waals surface area contributed by atoms with Crippen molar-refractivity contribution in [2.24, 2.45) is 22.9 Å². The van der Waals surface area contributed by atoms with E-state index in [9.17, 15) is 19.5 Å². The lowest BCUT2D eigenvalue weighted by Crippen LogP contribution is -2.48. The van der Waals surface area contributed by atoms with Crippen molar-refractivity contribution < 1.29 is 9.90 Å². The molecule has 8 rings (SSSR count). The SMILES string of the molecule is CC1=NN(c2ccc(Br)cc2)C(=O)C1=Cc1c(O)n(-c2ccc(C34CC5CC(CC(C5)C3)C4)cc2)c(=O)[nH]c1=O. The van der Waals surface area contributed by atoms with Gasteiger partial charge in [0.25, 0.3) is 11.5 Å². The van der Waals surface area contributed by atoms with E-state index in [4.69, 9.17) is 0 Å². The maximum Gasteiger partial charge on any atom is 0.335 e. The van der Waals surface area contributed by atoms with Crippen LogP contribution in [0.1, 0.15) is 56.6 Å². The number of hydrazone groups is 1. The summed E-state index contributed by atoms with van der Waals surface area (Å²) < 4.78 is 1.94. The lowest BCUT2D eigenvalue weighted by atomic mass is 9.48. The quantitative estimate of drug-likeness (QED) is 0.398. The molecule has 2 aromatic carbocycles. The Kier molecular flexibility index (Phi) is 5.78. The van der Waals surface area contributed by atoms with Crippen LogP contribution in [-0.2, 0) is 10.2 Å². The summed E-state index contributed by atoms with van der Waals surface area (Å²) in [6.07, 6.45) is 9.08. The maximum atomic E-state index is 13.2. The van der Waals surface area contributed by atoms with Crippen LogP contribution in [0.15, 0.2) is 73.3 Å². The number of hydrogen-bond donors (Lipinski definition) is 2. The first kappa shape index (κ1) is 25.3. The summed E-state index contributed by atoms with van der Waals surface area (Å²) in [5, 5.41) is 16.8. The normalized spacial score (nSPS) is 28.0. The van der Waals surface area contributed by atoms with E-state index in [1.807, 2.05) is 12.1 Å². The van der Waals surface area contributed by atoms with Gasteiger partial charge in [0.15, 0.2) is 0 Å². The Balaban J connectivity index is 1.23. The van der Waals surface area contributed by atoms with E-state index in [1.54, 1.807) is 31.2 Å². The molecule has 4 saturated carbocycles. The largest absolute Gasteiger partial charge is 0.494 e. The van der Waals surface area contributed by atoms with Crippen molar-refractivity contribution in [3.63, 3.8) is 0 Å². The Morgan fingerprint density at radius 2 is 1.50 bits per heavy atom. The van der Waals surface area contributed by atoms with Gasteiger partial charge >= 0.3 is 5.69 Å². The zero-order valence-corrected chi connectivity index (χ0v) is 23.6. The molecule has 0 unspecified atom stereocenters. The van der Waals surface area contributed by atoms with Gasteiger partial charge in [-0.25, -0.2) is 9.36 Å². The highest BCUT2D eigenvalue weighted by molar-refractivity contribution is 9.10. The standard InChI is InChI=1S/C31H29BrN4O4/c1-17-25(29(39)36(34-17)24-8-4-22(32)5-9-24)13-26-27(37)33-30(40)35(28(26)38)23-6-2-21(3-7-23)31-14-18-10-19(15-31)12-20(11-18)16-31/h2-9,13,18-20,38H,10-12,14-16H2,1H3,(H,33,37,40). The van der Waals surface area contributed by atoms with Crippen LogP contribution in [-0.4, -0.2) is 26.3 Å². The second-order valence-corrected chi connectivity index (χ2v) is 12.8. The number of aromatic hydroxyl groups is 1. The molecule has 8 nitrogen and oxygen atoms in total. The number of rotatable bonds is 4. The monoisotopic (exact) mass is 600 g/mol. The van der Waals surface area contributed by atoms with Gasteiger partial charge in [0.1, 0.15) is 5.56 Å². The van der Waals surface area contributed by atoms with E-state index in [1.165, 1.54) is 55.2 Å². The lowest BCUT2D eigenvalue weighted by molar-refractivity contribution is -0.114. The van der Waals surface area contributed by atoms with Crippen LogP contribution in [0.4, 0.5) is 5.69 Å². The molecule has 1 amide bonds. The molecule has 4 fully saturated rings. The first-order valence-electron chi connectivity index (χ1n) is 13.8. The van der Waals surface area contributed by atoms with Crippen LogP contribution >= 0.6 is 15.9 Å². The molecule has 9 heteroatoms. The smallest absolute Gasteiger partial charge is 0.335 e. The predicted octanol–water partition coefficient (Wildman–Crippen LogP) is 5.27. The fraction of sp³-hybridized carbons (Fsp3) is 0.355. The van der Waals surface area contributed by atoms with Crippen molar-refractivity contribution in [1.29, 1.82) is 0 Å². The minimum absolute atomic E-state index is 0.158. The first-order chi connectivity index (χ1) is 19.2. The number of hydrogen-bond acceptors (Lipinski definition) is 5. The van der Waals surface area contributed by atoms with Gasteiger partial charge in [-0.3, -0.25) is 14.6 Å². The average molecular weight is 602 g/mol. The van der Waals surface area contributed by atoms with Crippen molar-refractivity contribution in [1.82, 2.24) is 9.55 Å². The summed E-state index contributed by atoms with van der Waals surface area (Å²) in [6, 6.07) is 14.9. The van der Waals surface area contributed by atoms with Gasteiger partial charge in [0.05, 0.1) is 22.7 Å². The van der Waals surface area contributed by atoms with Crippen molar-refractivity contribution in [2.75, 3.05) is 5.01 Å². The molecule has 5 aliphatic rings. The summed E-state index contributed by atoms with van der Waals surface area (Å²) in [6.45, 7) is 1.66. The third kappa shape index (κ3) is 4.01. The van der Waals surface area contributed by atoms with Crippen LogP contribution in [0.3, 0.4) is 0 Å². The van der Waals surface area contributed by atoms with Crippen molar-refractivity contribution >= 4 is 39.3 Å². The highest BCUT2D eigenvalue weighted by atomic mass is 79.9. The maximum absolute atomic E-state index is 13.2. The number of aromatic amines is 1. The molecule has 0 saturated heterocycles. The molecular weight excluding hydrogens is 572 g/mol. The number of aromatic nitrogens is 2. The summed E-state index contributed by atoms with van der Waals surface area (Å²) in [5.74, 6) is 1.50. The van der Waals surface area contributed by atoms with Gasteiger partial charge < -0.3 is 5.11 Å². The number of amides is 1. The Morgan fingerprint density at radius 1 is 0.925 bits per heavy atom. The molecule has 0 atom stereocenters. The van der Waals surface area contributed by atoms with Crippen LogP contribution in [0.5, 0.6) is 5.88 Å². The minimum atomic E-state index is -0.779. The van der Waals surface area contributed by atoms with Crippen molar-refractivity contribution in [3.8, 4) is 11.6 Å². The topological polar surface area (TPSA) is 108 Å². The fourth-order valence-electron chi connectivity index (χ4n) is 7.92. The molecule has 1 aromatic heterocycles. The number of H-pyrrole nitrogens is 1. The van der Waals surface area contributed by atoms with E-state index in [0.29, 0.717) is 17.1 Å². The zero-order chi connectivity index (χ0) is 27.8. The Morgan fingerprint density at radius 3 is 2.10 bits per heavy atom. The molecule has 0 radical (unpaired) electrons. The Bertz CT molecular complexity index is 1680. The predicted molar refractivity (Wildman–Crippen MR) is 157 cm³/mol. The number of carbonyl (C=O) groups excluding carboxylic acids is 1. The van der Waals surface area contributed by atoms with E-state index < -0.39 is 23.0 Å². The van der Waals surface area contributed by atoms with Crippen LogP contribution in [0, 0.1) is 17.8 Å². The van der Waals surface area contributed by atoms with Crippen LogP contribution in [0.2, 0.25) is 0 Å². The molecule has 2 N–H and O–H groups in total. The zero-order valence-electron chi connectivity index (χ0n) is 22.1. The van der Waals surface area contributed by atoms with Gasteiger partial charge in [-0.15, -0.1) is 0 Å². The third-order valence-electron chi connectivity index (χ3n) is 9.32. The van der Waals surface area contributed by atoms with Crippen molar-refractivity contribution in [3.05, 3.63) is 90.5 Å². The van der Waals surface area contributed by atoms with Gasteiger partial charge in [0, 0.05) is 4.47 Å². The summed E-state index contributed by atoms with van der Waals surface area (Å²) in [7, 11) is 0. The number of benzene rings is 2. The molecule has 3 aromatic rings. The number of carbonyl (C=O) groups is 1. The number of nitrogens with one attached hydrogen (secondary N) is 1. The molecule has 4 bridgehead atoms. The first-order valence-corrected chi connectivity index (χ1v) is 14.6. The van der Waals surface area contributed by atoms with Gasteiger partial charge in [-0.2, -0.15) is 10.1 Å². The highest BCUT2D eigenvalue weighted by Crippen LogP contribution is 2.60. The lowest BCUT2D eigenvalue weighted by Gasteiger charge is -2.57. The van der Waals surface area contributed by atoms with E-state index in [2.05, 4.69) is 38.1 Å². The molecule has 1 aliphatic heterocycles. The second-order valence-electron chi connectivity index (χ2n) is 11.9. The van der Waals surface area contributed by atoms with E-state index in [-0.39, 0.29) is 16.6 Å². The molecule has 4 aliphatic carbocycles. The molecule has 2 heterocycles. The van der Waals surface area contributed by atoms with Gasteiger partial charge in [0.2, 0.25) is 5.88 Å².